The Kier molecular flexibility index (Phi) is 14.7. The van der Waals surface area contributed by atoms with Crippen molar-refractivity contribution in [3.8, 4) is 22.5 Å². The molecular weight excluding hydrogens is 767 g/mol. The molecule has 0 saturated heterocycles. The van der Waals surface area contributed by atoms with Gasteiger partial charge in [-0.15, -0.1) is 11.1 Å². The number of nitrogens with one attached hydrogen (secondary N) is 1. The molecule has 0 atom stereocenters. The first-order valence-electron chi connectivity index (χ1n) is 17.9. The molecule has 1 aliphatic heterocycles. The van der Waals surface area contributed by atoms with E-state index in [0.717, 1.165) is 22.5 Å². The maximum absolute atomic E-state index is 12.6. The molecule has 13 heteroatoms. The zero-order valence-corrected chi connectivity index (χ0v) is 39.1. The molecule has 0 spiro atoms. The van der Waals surface area contributed by atoms with Crippen molar-refractivity contribution in [2.45, 2.75) is 88.9 Å². The molecule has 0 amide bonds. The van der Waals surface area contributed by atoms with Crippen LogP contribution in [-0.2, 0) is 20.2 Å². The summed E-state index contributed by atoms with van der Waals surface area (Å²) in [5, 5.41) is 4.71. The van der Waals surface area contributed by atoms with Gasteiger partial charge in [-0.3, -0.25) is 0 Å². The van der Waals surface area contributed by atoms with Crippen LogP contribution in [0.3, 0.4) is 0 Å². The Balaban J connectivity index is 0.00000348. The van der Waals surface area contributed by atoms with Crippen LogP contribution in [0.15, 0.2) is 104 Å². The number of rotatable bonds is 10. The molecule has 56 heavy (non-hydrogen) atoms. The fourth-order valence-electron chi connectivity index (χ4n) is 6.87. The van der Waals surface area contributed by atoms with E-state index in [0.29, 0.717) is 50.0 Å². The second-order valence-corrected chi connectivity index (χ2v) is 17.5. The second kappa shape index (κ2) is 18.0. The normalized spacial score (nSPS) is 12.5. The summed E-state index contributed by atoms with van der Waals surface area (Å²) in [6.07, 6.45) is 0. The first-order chi connectivity index (χ1) is 25.3. The van der Waals surface area contributed by atoms with Gasteiger partial charge in [0.15, 0.2) is 0 Å². The molecule has 0 saturated carbocycles. The molecule has 4 aromatic rings. The molecule has 0 unspecified atom stereocenters. The zero-order chi connectivity index (χ0) is 39.3. The molecular formula is C43H43N2Na2O7S2-. The maximum Gasteiger partial charge on any atom is 1.00 e. The molecule has 282 valence electrons. The van der Waals surface area contributed by atoms with Gasteiger partial charge in [0.05, 0.1) is 20.8 Å². The fraction of sp³-hybridized carbons (Fsp3) is 0.279. The van der Waals surface area contributed by atoms with E-state index in [2.05, 4.69) is 39.1 Å². The number of benzene rings is 5. The van der Waals surface area contributed by atoms with Gasteiger partial charge in [-0.2, -0.15) is 18.2 Å². The summed E-state index contributed by atoms with van der Waals surface area (Å²) in [6.45, 7) is 16.1. The van der Waals surface area contributed by atoms with E-state index in [4.69, 9.17) is 9.41 Å². The minimum absolute atomic E-state index is 0. The van der Waals surface area contributed by atoms with Crippen LogP contribution in [-0.4, -0.2) is 25.9 Å². The van der Waals surface area contributed by atoms with Gasteiger partial charge in [-0.25, -0.2) is 21.8 Å². The molecule has 2 aliphatic rings. The van der Waals surface area contributed by atoms with Crippen LogP contribution in [0.1, 0.15) is 101 Å². The summed E-state index contributed by atoms with van der Waals surface area (Å²) in [7, 11) is -9.58. The fourth-order valence-corrected chi connectivity index (χ4v) is 8.10. The molecule has 0 radical (unpaired) electrons. The van der Waals surface area contributed by atoms with Crippen LogP contribution in [0.5, 0.6) is 0 Å². The molecule has 9 nitrogen and oxygen atoms in total. The minimum Gasteiger partial charge on any atom is -0.744 e. The summed E-state index contributed by atoms with van der Waals surface area (Å²) in [4.78, 5) is 4.35. The van der Waals surface area contributed by atoms with Crippen LogP contribution in [0.2, 0.25) is 0 Å². The topological polar surface area (TPSA) is 152 Å². The minimum atomic E-state index is -4.86. The molecule has 4 aromatic carbocycles. The van der Waals surface area contributed by atoms with Crippen molar-refractivity contribution in [2.24, 2.45) is 4.99 Å². The Labute approximate surface area is 374 Å². The van der Waals surface area contributed by atoms with Gasteiger partial charge in [0.2, 0.25) is 0 Å². The molecule has 0 aromatic heterocycles. The van der Waals surface area contributed by atoms with Gasteiger partial charge in [0, 0.05) is 39.9 Å². The van der Waals surface area contributed by atoms with Gasteiger partial charge >= 0.3 is 59.1 Å². The predicted molar refractivity (Wildman–Crippen MR) is 211 cm³/mol. The number of hydrogen-bond donors (Lipinski definition) is 1. The van der Waals surface area contributed by atoms with Crippen LogP contribution < -0.4 is 69.8 Å². The molecule has 1 aliphatic carbocycles. The van der Waals surface area contributed by atoms with Gasteiger partial charge < -0.3 is 18.8 Å². The van der Waals surface area contributed by atoms with E-state index in [1.54, 1.807) is 30.3 Å². The third-order valence-electron chi connectivity index (χ3n) is 9.62. The van der Waals surface area contributed by atoms with Crippen molar-refractivity contribution < 1.29 is 89.5 Å². The summed E-state index contributed by atoms with van der Waals surface area (Å²) in [6, 6.07) is 27.1. The summed E-state index contributed by atoms with van der Waals surface area (Å²) < 4.78 is 80.7. The Morgan fingerprint density at radius 2 is 1.23 bits per heavy atom. The monoisotopic (exact) mass is 809 g/mol. The number of anilines is 2. The average molecular weight is 810 g/mol. The van der Waals surface area contributed by atoms with Gasteiger partial charge in [-0.05, 0) is 65.4 Å². The van der Waals surface area contributed by atoms with E-state index in [-0.39, 0.29) is 98.1 Å². The Morgan fingerprint density at radius 3 is 1.77 bits per heavy atom. The first kappa shape index (κ1) is 45.9. The van der Waals surface area contributed by atoms with Crippen molar-refractivity contribution in [3.63, 3.8) is 0 Å². The van der Waals surface area contributed by atoms with E-state index >= 15 is 0 Å². The second-order valence-electron chi connectivity index (χ2n) is 14.8. The van der Waals surface area contributed by atoms with Crippen molar-refractivity contribution >= 4 is 48.3 Å². The zero-order valence-electron chi connectivity index (χ0n) is 33.5. The quantitative estimate of drug-likeness (QED) is 0.0932. The van der Waals surface area contributed by atoms with Crippen molar-refractivity contribution in [2.75, 3.05) is 5.32 Å². The summed E-state index contributed by atoms with van der Waals surface area (Å²) in [5.41, 5.74) is 7.48. The van der Waals surface area contributed by atoms with Gasteiger partial charge in [0.1, 0.15) is 31.6 Å². The Hall–Kier alpha value is -2.81. The Bertz CT molecular complexity index is 2610. The van der Waals surface area contributed by atoms with Gasteiger partial charge in [0.25, 0.3) is 0 Å². The summed E-state index contributed by atoms with van der Waals surface area (Å²) >= 11 is 0. The standard InChI is InChI=1S/C43H45N2O7S2.2Na/c1-24(2)31-13-11-14-32(25(3)4)42(31)44-28-16-18-33-38(20-28)52-39-21-29(17-19-34(39)41(33)35-12-9-10-15-40(35)54(49,50)51)45-43-36(26(5)6)22-30(53(46,47)48)23-37(43)27(7)8;;/h9-10,12-27,44H,1-8H3,(H,46,47,48)(H,49,50,51);;/q-1;2*+1/p-2. The predicted octanol–water partition coefficient (Wildman–Crippen LogP) is 4.29. The van der Waals surface area contributed by atoms with Crippen molar-refractivity contribution in [1.82, 2.24) is 0 Å². The largest absolute Gasteiger partial charge is 1.00 e. The molecule has 6 rings (SSSR count). The van der Waals surface area contributed by atoms with Crippen molar-refractivity contribution in [1.29, 1.82) is 0 Å². The SMILES string of the molecule is CC(C)c1cc(S(=O)(=O)[O-])cc(C(C)C)c1N=c1ccc2c(-c3ccccc3S(=O)(=O)[O-])c3ccc(Nc4c(C(C)C)c[c-]cc4C(C)C)cc3oc-2c1.[Na+].[Na+]. The van der Waals surface area contributed by atoms with Crippen molar-refractivity contribution in [3.05, 3.63) is 119 Å². The van der Waals surface area contributed by atoms with Crippen LogP contribution in [0.25, 0.3) is 33.4 Å². The number of nitrogens with zero attached hydrogens (tertiary/aromatic N) is 1. The van der Waals surface area contributed by atoms with E-state index in [9.17, 15) is 25.9 Å². The van der Waals surface area contributed by atoms with Crippen LogP contribution in [0.4, 0.5) is 17.1 Å². The van der Waals surface area contributed by atoms with E-state index in [1.165, 1.54) is 24.3 Å². The first-order valence-corrected chi connectivity index (χ1v) is 20.7. The van der Waals surface area contributed by atoms with Gasteiger partial charge in [-0.1, -0.05) is 91.1 Å². The van der Waals surface area contributed by atoms with E-state index < -0.39 is 20.2 Å². The number of hydrogen-bond acceptors (Lipinski definition) is 9. The Morgan fingerprint density at radius 1 is 0.661 bits per heavy atom. The maximum atomic E-state index is 12.6. The van der Waals surface area contributed by atoms with Crippen LogP contribution >= 0.6 is 0 Å². The molecule has 0 bridgehead atoms. The average Bonchev–Trinajstić information content (AvgIpc) is 3.09. The molecule has 1 N–H and O–H groups in total. The molecule has 0 fully saturated rings. The summed E-state index contributed by atoms with van der Waals surface area (Å²) in [5.74, 6) is 0.517. The third kappa shape index (κ3) is 9.55. The van der Waals surface area contributed by atoms with Crippen LogP contribution in [0, 0.1) is 6.07 Å². The molecule has 1 heterocycles. The third-order valence-corrected chi connectivity index (χ3v) is 11.3. The van der Waals surface area contributed by atoms with E-state index in [1.807, 2.05) is 58.0 Å². The number of fused-ring (bicyclic) bond motifs is 2. The smallest absolute Gasteiger partial charge is 0.744 e.